The zero-order valence-corrected chi connectivity index (χ0v) is 15.5. The number of benzene rings is 2. The van der Waals surface area contributed by atoms with Gasteiger partial charge in [-0.3, -0.25) is 9.59 Å². The lowest BCUT2D eigenvalue weighted by Gasteiger charge is -2.26. The van der Waals surface area contributed by atoms with E-state index in [2.05, 4.69) is 0 Å². The van der Waals surface area contributed by atoms with E-state index in [1.807, 2.05) is 69.3 Å². The molecule has 0 aromatic heterocycles. The summed E-state index contributed by atoms with van der Waals surface area (Å²) in [5, 5.41) is 0. The second-order valence-electron chi connectivity index (χ2n) is 6.18. The molecule has 0 aliphatic carbocycles. The molecule has 4 nitrogen and oxygen atoms in total. The second kappa shape index (κ2) is 8.47. The monoisotopic (exact) mass is 338 g/mol. The SMILES string of the molecule is CCN(C(=O)CCN(C(C)=O)c1cc(C)ccc1C)c1ccccc1. The van der Waals surface area contributed by atoms with E-state index in [0.717, 1.165) is 22.5 Å². The minimum absolute atomic E-state index is 0.0188. The van der Waals surface area contributed by atoms with Crippen molar-refractivity contribution in [3.8, 4) is 0 Å². The first-order chi connectivity index (χ1) is 11.9. The number of para-hydroxylation sites is 1. The third-order valence-electron chi connectivity index (χ3n) is 4.27. The van der Waals surface area contributed by atoms with Crippen molar-refractivity contribution >= 4 is 23.2 Å². The molecular formula is C21H26N2O2. The van der Waals surface area contributed by atoms with E-state index >= 15 is 0 Å². The highest BCUT2D eigenvalue weighted by atomic mass is 16.2. The highest BCUT2D eigenvalue weighted by Crippen LogP contribution is 2.22. The predicted molar refractivity (Wildman–Crippen MR) is 103 cm³/mol. The van der Waals surface area contributed by atoms with Crippen LogP contribution in [0.3, 0.4) is 0 Å². The lowest BCUT2D eigenvalue weighted by Crippen LogP contribution is -2.36. The Morgan fingerprint density at radius 1 is 0.960 bits per heavy atom. The van der Waals surface area contributed by atoms with Crippen LogP contribution >= 0.6 is 0 Å². The van der Waals surface area contributed by atoms with Gasteiger partial charge in [-0.25, -0.2) is 0 Å². The summed E-state index contributed by atoms with van der Waals surface area (Å²) in [5.74, 6) is -0.0329. The number of hydrogen-bond acceptors (Lipinski definition) is 2. The number of nitrogens with zero attached hydrogens (tertiary/aromatic N) is 2. The average Bonchev–Trinajstić information content (AvgIpc) is 2.59. The normalized spacial score (nSPS) is 10.4. The molecule has 0 saturated carbocycles. The van der Waals surface area contributed by atoms with Crippen molar-refractivity contribution in [3.05, 3.63) is 59.7 Å². The first-order valence-corrected chi connectivity index (χ1v) is 8.64. The molecular weight excluding hydrogens is 312 g/mol. The Balaban J connectivity index is 2.14. The molecule has 25 heavy (non-hydrogen) atoms. The van der Waals surface area contributed by atoms with Crippen molar-refractivity contribution in [1.82, 2.24) is 0 Å². The van der Waals surface area contributed by atoms with Crippen LogP contribution in [-0.2, 0) is 9.59 Å². The zero-order valence-electron chi connectivity index (χ0n) is 15.5. The fourth-order valence-corrected chi connectivity index (χ4v) is 2.91. The molecule has 0 spiro atoms. The largest absolute Gasteiger partial charge is 0.313 e. The van der Waals surface area contributed by atoms with Gasteiger partial charge in [-0.05, 0) is 50.1 Å². The van der Waals surface area contributed by atoms with Crippen LogP contribution in [0.25, 0.3) is 0 Å². The van der Waals surface area contributed by atoms with Gasteiger partial charge in [-0.15, -0.1) is 0 Å². The highest BCUT2D eigenvalue weighted by Gasteiger charge is 2.19. The number of aryl methyl sites for hydroxylation is 2. The third kappa shape index (κ3) is 4.69. The summed E-state index contributed by atoms with van der Waals surface area (Å²) in [5.41, 5.74) is 3.89. The predicted octanol–water partition coefficient (Wildman–Crippen LogP) is 4.10. The number of carbonyl (C=O) groups excluding carboxylic acids is 2. The lowest BCUT2D eigenvalue weighted by molar-refractivity contribution is -0.118. The molecule has 0 bridgehead atoms. The summed E-state index contributed by atoms with van der Waals surface area (Å²) in [4.78, 5) is 28.2. The Kier molecular flexibility index (Phi) is 6.34. The molecule has 0 aliphatic rings. The maximum absolute atomic E-state index is 12.7. The Morgan fingerprint density at radius 3 is 2.24 bits per heavy atom. The van der Waals surface area contributed by atoms with Crippen molar-refractivity contribution in [2.75, 3.05) is 22.9 Å². The summed E-state index contributed by atoms with van der Waals surface area (Å²) >= 11 is 0. The summed E-state index contributed by atoms with van der Waals surface area (Å²) in [6.45, 7) is 8.46. The molecule has 0 saturated heterocycles. The Labute approximate surface area is 150 Å². The number of carbonyl (C=O) groups is 2. The molecule has 0 unspecified atom stereocenters. The van der Waals surface area contributed by atoms with Gasteiger partial charge < -0.3 is 9.80 Å². The standard InChI is InChI=1S/C21H26N2O2/c1-5-22(19-9-7-6-8-10-19)21(25)13-14-23(18(4)24)20-15-16(2)11-12-17(20)3/h6-12,15H,5,13-14H2,1-4H3. The van der Waals surface area contributed by atoms with Crippen LogP contribution in [-0.4, -0.2) is 24.9 Å². The fourth-order valence-electron chi connectivity index (χ4n) is 2.91. The van der Waals surface area contributed by atoms with E-state index in [1.165, 1.54) is 0 Å². The summed E-state index contributed by atoms with van der Waals surface area (Å²) in [6.07, 6.45) is 0.287. The number of rotatable bonds is 6. The molecule has 2 amide bonds. The molecule has 132 valence electrons. The van der Waals surface area contributed by atoms with E-state index in [4.69, 9.17) is 0 Å². The van der Waals surface area contributed by atoms with Crippen LogP contribution in [0.15, 0.2) is 48.5 Å². The van der Waals surface area contributed by atoms with Crippen LogP contribution < -0.4 is 9.80 Å². The molecule has 4 heteroatoms. The van der Waals surface area contributed by atoms with Crippen molar-refractivity contribution in [3.63, 3.8) is 0 Å². The second-order valence-corrected chi connectivity index (χ2v) is 6.18. The van der Waals surface area contributed by atoms with Crippen LogP contribution in [0.2, 0.25) is 0 Å². The van der Waals surface area contributed by atoms with Crippen LogP contribution in [0.5, 0.6) is 0 Å². The van der Waals surface area contributed by atoms with E-state index < -0.39 is 0 Å². The van der Waals surface area contributed by atoms with Gasteiger partial charge in [0.25, 0.3) is 0 Å². The molecule has 0 atom stereocenters. The summed E-state index contributed by atoms with van der Waals surface area (Å²) in [7, 11) is 0. The maximum atomic E-state index is 12.7. The number of hydrogen-bond donors (Lipinski definition) is 0. The van der Waals surface area contributed by atoms with Gasteiger partial charge in [0.1, 0.15) is 0 Å². The van der Waals surface area contributed by atoms with E-state index in [9.17, 15) is 9.59 Å². The lowest BCUT2D eigenvalue weighted by atomic mass is 10.1. The molecule has 0 heterocycles. The minimum Gasteiger partial charge on any atom is -0.313 e. The van der Waals surface area contributed by atoms with Crippen LogP contribution in [0, 0.1) is 13.8 Å². The first-order valence-electron chi connectivity index (χ1n) is 8.64. The van der Waals surface area contributed by atoms with Crippen molar-refractivity contribution in [1.29, 1.82) is 0 Å². The zero-order chi connectivity index (χ0) is 18.4. The van der Waals surface area contributed by atoms with Gasteiger partial charge in [0.2, 0.25) is 11.8 Å². The van der Waals surface area contributed by atoms with Gasteiger partial charge in [0.05, 0.1) is 0 Å². The quantitative estimate of drug-likeness (QED) is 0.795. The summed E-state index contributed by atoms with van der Waals surface area (Å²) in [6, 6.07) is 15.6. The minimum atomic E-state index is -0.0516. The van der Waals surface area contributed by atoms with E-state index in [0.29, 0.717) is 13.1 Å². The molecule has 0 aliphatic heterocycles. The third-order valence-corrected chi connectivity index (χ3v) is 4.27. The summed E-state index contributed by atoms with van der Waals surface area (Å²) < 4.78 is 0. The Hall–Kier alpha value is -2.62. The Morgan fingerprint density at radius 2 is 1.64 bits per heavy atom. The van der Waals surface area contributed by atoms with Gasteiger partial charge in [0.15, 0.2) is 0 Å². The van der Waals surface area contributed by atoms with Gasteiger partial charge >= 0.3 is 0 Å². The van der Waals surface area contributed by atoms with Crippen LogP contribution in [0.1, 0.15) is 31.4 Å². The van der Waals surface area contributed by atoms with Gasteiger partial charge in [0, 0.05) is 37.8 Å². The Bertz CT molecular complexity index is 741. The average molecular weight is 338 g/mol. The molecule has 2 aromatic rings. The molecule has 0 fully saturated rings. The van der Waals surface area contributed by atoms with Crippen molar-refractivity contribution in [2.24, 2.45) is 0 Å². The number of anilines is 2. The molecule has 0 N–H and O–H groups in total. The molecule has 0 radical (unpaired) electrons. The van der Waals surface area contributed by atoms with Gasteiger partial charge in [-0.2, -0.15) is 0 Å². The first kappa shape index (κ1) is 18.7. The molecule has 2 aromatic carbocycles. The molecule has 2 rings (SSSR count). The van der Waals surface area contributed by atoms with Crippen molar-refractivity contribution in [2.45, 2.75) is 34.1 Å². The van der Waals surface area contributed by atoms with E-state index in [-0.39, 0.29) is 18.2 Å². The van der Waals surface area contributed by atoms with Crippen LogP contribution in [0.4, 0.5) is 11.4 Å². The topological polar surface area (TPSA) is 40.6 Å². The van der Waals surface area contributed by atoms with E-state index in [1.54, 1.807) is 16.7 Å². The highest BCUT2D eigenvalue weighted by molar-refractivity contribution is 5.96. The smallest absolute Gasteiger partial charge is 0.228 e. The van der Waals surface area contributed by atoms with Gasteiger partial charge in [-0.1, -0.05) is 30.3 Å². The van der Waals surface area contributed by atoms with Crippen molar-refractivity contribution < 1.29 is 9.59 Å². The number of amides is 2. The fraction of sp³-hybridized carbons (Fsp3) is 0.333. The maximum Gasteiger partial charge on any atom is 0.228 e.